The molecule has 1 aromatic rings. The van der Waals surface area contributed by atoms with E-state index < -0.39 is 0 Å². The van der Waals surface area contributed by atoms with Gasteiger partial charge in [0.15, 0.2) is 0 Å². The summed E-state index contributed by atoms with van der Waals surface area (Å²) in [6.07, 6.45) is 3.60. The van der Waals surface area contributed by atoms with E-state index in [1.807, 2.05) is 0 Å². The van der Waals surface area contributed by atoms with Crippen molar-refractivity contribution in [3.8, 4) is 0 Å². The maximum Gasteiger partial charge on any atom is 0.127 e. The molecule has 2 nitrogen and oxygen atoms in total. The number of hydrogen-bond donors (Lipinski definition) is 1. The summed E-state index contributed by atoms with van der Waals surface area (Å²) in [6, 6.07) is 3.82. The van der Waals surface area contributed by atoms with E-state index in [0.717, 1.165) is 19.2 Å². The fourth-order valence-corrected chi connectivity index (χ4v) is 3.28. The zero-order valence-corrected chi connectivity index (χ0v) is 10.3. The van der Waals surface area contributed by atoms with Crippen LogP contribution in [-0.2, 0) is 6.54 Å². The molecular formula is C14H18F2N2. The fraction of sp³-hybridized carbons (Fsp3) is 0.571. The van der Waals surface area contributed by atoms with Crippen molar-refractivity contribution in [2.24, 2.45) is 11.1 Å². The number of benzene rings is 1. The maximum atomic E-state index is 13.6. The third kappa shape index (κ3) is 1.93. The molecule has 1 atom stereocenters. The van der Waals surface area contributed by atoms with E-state index in [1.165, 1.54) is 31.4 Å². The van der Waals surface area contributed by atoms with Crippen LogP contribution < -0.4 is 5.73 Å². The van der Waals surface area contributed by atoms with Gasteiger partial charge in [-0.25, -0.2) is 8.78 Å². The molecule has 98 valence electrons. The smallest absolute Gasteiger partial charge is 0.127 e. The molecule has 2 aliphatic rings. The summed E-state index contributed by atoms with van der Waals surface area (Å²) >= 11 is 0. The molecule has 3 rings (SSSR count). The van der Waals surface area contributed by atoms with Gasteiger partial charge >= 0.3 is 0 Å². The number of nitrogens with two attached hydrogens (primary N) is 1. The van der Waals surface area contributed by atoms with E-state index >= 15 is 0 Å². The topological polar surface area (TPSA) is 29.3 Å². The molecule has 0 bridgehead atoms. The van der Waals surface area contributed by atoms with Crippen molar-refractivity contribution in [1.29, 1.82) is 0 Å². The Morgan fingerprint density at radius 3 is 2.72 bits per heavy atom. The Labute approximate surface area is 106 Å². The number of nitrogens with zero attached hydrogens (tertiary/aromatic N) is 1. The lowest BCUT2D eigenvalue weighted by Gasteiger charge is -2.41. The Morgan fingerprint density at radius 2 is 2.11 bits per heavy atom. The number of halogens is 2. The van der Waals surface area contributed by atoms with E-state index in [9.17, 15) is 8.78 Å². The molecule has 2 fully saturated rings. The molecule has 1 aromatic carbocycles. The maximum absolute atomic E-state index is 13.6. The summed E-state index contributed by atoms with van der Waals surface area (Å²) < 4.78 is 26.7. The van der Waals surface area contributed by atoms with E-state index in [0.29, 0.717) is 12.1 Å². The van der Waals surface area contributed by atoms with Crippen molar-refractivity contribution in [2.45, 2.75) is 31.8 Å². The highest BCUT2D eigenvalue weighted by molar-refractivity contribution is 5.19. The molecule has 1 unspecified atom stereocenters. The predicted molar refractivity (Wildman–Crippen MR) is 65.9 cm³/mol. The molecule has 0 amide bonds. The Balaban J connectivity index is 1.72. The van der Waals surface area contributed by atoms with Gasteiger partial charge in [-0.3, -0.25) is 4.90 Å². The Hall–Kier alpha value is -1.00. The van der Waals surface area contributed by atoms with E-state index in [2.05, 4.69) is 4.90 Å². The van der Waals surface area contributed by atoms with Crippen molar-refractivity contribution in [3.05, 3.63) is 35.4 Å². The lowest BCUT2D eigenvalue weighted by atomic mass is 9.66. The Morgan fingerprint density at radius 1 is 1.33 bits per heavy atom. The first-order chi connectivity index (χ1) is 8.59. The third-order valence-corrected chi connectivity index (χ3v) is 4.53. The second-order valence-electron chi connectivity index (χ2n) is 5.73. The van der Waals surface area contributed by atoms with Gasteiger partial charge < -0.3 is 5.73 Å². The second-order valence-corrected chi connectivity index (χ2v) is 5.73. The van der Waals surface area contributed by atoms with Crippen molar-refractivity contribution in [2.75, 3.05) is 13.1 Å². The van der Waals surface area contributed by atoms with Gasteiger partial charge in [0.1, 0.15) is 11.6 Å². The number of rotatable bonds is 2. The standard InChI is InChI=1S/C14H18F2N2/c15-11-2-3-12(16)10(6-11)7-18-8-13(17)14(9-18)4-1-5-14/h2-3,6,13H,1,4-5,7-9,17H2. The Kier molecular flexibility index (Phi) is 2.87. The lowest BCUT2D eigenvalue weighted by Crippen LogP contribution is -2.45. The van der Waals surface area contributed by atoms with Crippen LogP contribution in [0.15, 0.2) is 18.2 Å². The summed E-state index contributed by atoms with van der Waals surface area (Å²) in [4.78, 5) is 2.15. The summed E-state index contributed by atoms with van der Waals surface area (Å²) in [6.45, 7) is 2.17. The summed E-state index contributed by atoms with van der Waals surface area (Å²) in [5.74, 6) is -0.715. The monoisotopic (exact) mass is 252 g/mol. The van der Waals surface area contributed by atoms with Crippen molar-refractivity contribution >= 4 is 0 Å². The van der Waals surface area contributed by atoms with Gasteiger partial charge in [0.2, 0.25) is 0 Å². The molecule has 4 heteroatoms. The van der Waals surface area contributed by atoms with Gasteiger partial charge in [0, 0.05) is 31.2 Å². The largest absolute Gasteiger partial charge is 0.326 e. The van der Waals surface area contributed by atoms with E-state index in [-0.39, 0.29) is 23.1 Å². The molecule has 1 aliphatic heterocycles. The molecule has 2 N–H and O–H groups in total. The number of hydrogen-bond acceptors (Lipinski definition) is 2. The van der Waals surface area contributed by atoms with E-state index in [1.54, 1.807) is 0 Å². The van der Waals surface area contributed by atoms with Crippen LogP contribution in [0, 0.1) is 17.0 Å². The molecular weight excluding hydrogens is 234 g/mol. The highest BCUT2D eigenvalue weighted by Crippen LogP contribution is 2.47. The van der Waals surface area contributed by atoms with Crippen molar-refractivity contribution in [3.63, 3.8) is 0 Å². The van der Waals surface area contributed by atoms with Crippen LogP contribution in [0.4, 0.5) is 8.78 Å². The van der Waals surface area contributed by atoms with Crippen LogP contribution >= 0.6 is 0 Å². The molecule has 1 saturated heterocycles. The molecule has 1 heterocycles. The van der Waals surface area contributed by atoms with Crippen LogP contribution in [0.1, 0.15) is 24.8 Å². The van der Waals surface area contributed by atoms with Crippen molar-refractivity contribution < 1.29 is 8.78 Å². The first-order valence-corrected chi connectivity index (χ1v) is 6.51. The summed E-state index contributed by atoms with van der Waals surface area (Å²) in [7, 11) is 0. The van der Waals surface area contributed by atoms with Gasteiger partial charge in [-0.15, -0.1) is 0 Å². The van der Waals surface area contributed by atoms with Gasteiger partial charge in [-0.05, 0) is 36.5 Å². The minimum absolute atomic E-state index is 0.183. The van der Waals surface area contributed by atoms with Crippen LogP contribution in [0.5, 0.6) is 0 Å². The molecule has 1 spiro atoms. The zero-order valence-electron chi connectivity index (χ0n) is 10.3. The fourth-order valence-electron chi connectivity index (χ4n) is 3.28. The van der Waals surface area contributed by atoms with E-state index in [4.69, 9.17) is 5.73 Å². The van der Waals surface area contributed by atoms with Crippen LogP contribution in [0.25, 0.3) is 0 Å². The average molecular weight is 252 g/mol. The minimum atomic E-state index is -0.381. The second kappa shape index (κ2) is 4.28. The minimum Gasteiger partial charge on any atom is -0.326 e. The molecule has 1 aliphatic carbocycles. The van der Waals surface area contributed by atoms with Crippen LogP contribution in [-0.4, -0.2) is 24.0 Å². The van der Waals surface area contributed by atoms with Gasteiger partial charge in [-0.1, -0.05) is 6.42 Å². The highest BCUT2D eigenvalue weighted by Gasteiger charge is 2.48. The van der Waals surface area contributed by atoms with Crippen LogP contribution in [0.3, 0.4) is 0 Å². The van der Waals surface area contributed by atoms with Gasteiger partial charge in [0.25, 0.3) is 0 Å². The predicted octanol–water partition coefficient (Wildman–Crippen LogP) is 2.28. The lowest BCUT2D eigenvalue weighted by molar-refractivity contribution is 0.121. The van der Waals surface area contributed by atoms with Crippen molar-refractivity contribution in [1.82, 2.24) is 4.90 Å². The van der Waals surface area contributed by atoms with Gasteiger partial charge in [-0.2, -0.15) is 0 Å². The third-order valence-electron chi connectivity index (χ3n) is 4.53. The molecule has 0 aromatic heterocycles. The highest BCUT2D eigenvalue weighted by atomic mass is 19.1. The summed E-state index contributed by atoms with van der Waals surface area (Å²) in [5.41, 5.74) is 6.86. The Bertz CT molecular complexity index is 457. The zero-order chi connectivity index (χ0) is 12.8. The normalized spacial score (nSPS) is 26.5. The number of likely N-dealkylation sites (tertiary alicyclic amines) is 1. The van der Waals surface area contributed by atoms with Crippen LogP contribution in [0.2, 0.25) is 0 Å². The SMILES string of the molecule is NC1CN(Cc2cc(F)ccc2F)CC12CCC2. The first kappa shape index (κ1) is 12.1. The molecule has 18 heavy (non-hydrogen) atoms. The molecule has 0 radical (unpaired) electrons. The average Bonchev–Trinajstić information content (AvgIpc) is 2.60. The molecule has 1 saturated carbocycles. The summed E-state index contributed by atoms with van der Waals surface area (Å²) in [5, 5.41) is 0. The van der Waals surface area contributed by atoms with Gasteiger partial charge in [0.05, 0.1) is 0 Å². The quantitative estimate of drug-likeness (QED) is 0.875. The first-order valence-electron chi connectivity index (χ1n) is 6.51.